The van der Waals surface area contributed by atoms with E-state index in [1.165, 1.54) is 10.6 Å². The normalized spacial score (nSPS) is 14.1. The van der Waals surface area contributed by atoms with Crippen molar-refractivity contribution in [3.63, 3.8) is 0 Å². The van der Waals surface area contributed by atoms with E-state index >= 15 is 0 Å². The third-order valence-electron chi connectivity index (χ3n) is 4.34. The van der Waals surface area contributed by atoms with Gasteiger partial charge >= 0.3 is 6.09 Å². The Morgan fingerprint density at radius 3 is 2.50 bits per heavy atom. The van der Waals surface area contributed by atoms with Crippen LogP contribution in [0.1, 0.15) is 11.3 Å². The van der Waals surface area contributed by atoms with Gasteiger partial charge in [0.1, 0.15) is 0 Å². The van der Waals surface area contributed by atoms with Gasteiger partial charge in [0.25, 0.3) is 0 Å². The molecule has 0 saturated carbocycles. The predicted octanol–water partition coefficient (Wildman–Crippen LogP) is 3.67. The van der Waals surface area contributed by atoms with E-state index in [-0.39, 0.29) is 0 Å². The van der Waals surface area contributed by atoms with Gasteiger partial charge in [0.2, 0.25) is 0 Å². The Balaban J connectivity index is 1.97. The van der Waals surface area contributed by atoms with Gasteiger partial charge in [-0.05, 0) is 18.2 Å². The fraction of sp³-hybridized carbons (Fsp3) is 0.167. The summed E-state index contributed by atoms with van der Waals surface area (Å²) in [6.45, 7) is 1.01. The van der Waals surface area contributed by atoms with Crippen LogP contribution in [0.3, 0.4) is 0 Å². The van der Waals surface area contributed by atoms with Gasteiger partial charge in [-0.15, -0.1) is 0 Å². The number of para-hydroxylation sites is 2. The van der Waals surface area contributed by atoms with Crippen molar-refractivity contribution in [1.29, 1.82) is 0 Å². The fourth-order valence-corrected chi connectivity index (χ4v) is 3.34. The molecule has 0 atom stereocenters. The lowest BCUT2D eigenvalue weighted by atomic mass is 10.0. The Hall–Kier alpha value is -2.75. The fourth-order valence-electron chi connectivity index (χ4n) is 3.34. The molecule has 0 bridgehead atoms. The van der Waals surface area contributed by atoms with Gasteiger partial charge in [0, 0.05) is 35.3 Å². The molecule has 1 aliphatic rings. The Morgan fingerprint density at radius 1 is 1.00 bits per heavy atom. The number of benzene rings is 2. The van der Waals surface area contributed by atoms with Crippen LogP contribution in [0.2, 0.25) is 0 Å². The summed E-state index contributed by atoms with van der Waals surface area (Å²) in [7, 11) is 0. The molecule has 1 aliphatic heterocycles. The van der Waals surface area contributed by atoms with Crippen LogP contribution in [-0.4, -0.2) is 27.2 Å². The van der Waals surface area contributed by atoms with Crippen LogP contribution < -0.4 is 0 Å². The summed E-state index contributed by atoms with van der Waals surface area (Å²) in [5.41, 5.74) is 4.63. The second-order valence-corrected chi connectivity index (χ2v) is 5.57. The molecule has 0 saturated heterocycles. The molecule has 4 nitrogen and oxygen atoms in total. The van der Waals surface area contributed by atoms with E-state index in [0.29, 0.717) is 13.1 Å². The average molecular weight is 292 g/mol. The molecule has 22 heavy (non-hydrogen) atoms. The molecule has 1 aromatic heterocycles. The molecular formula is C18H16N2O2. The van der Waals surface area contributed by atoms with E-state index in [4.69, 9.17) is 0 Å². The third kappa shape index (κ3) is 1.88. The minimum atomic E-state index is -0.845. The summed E-state index contributed by atoms with van der Waals surface area (Å²) >= 11 is 0. The van der Waals surface area contributed by atoms with E-state index in [1.807, 2.05) is 30.3 Å². The number of fused-ring (bicyclic) bond motifs is 3. The first-order valence-corrected chi connectivity index (χ1v) is 7.40. The maximum absolute atomic E-state index is 11.3. The van der Waals surface area contributed by atoms with Gasteiger partial charge in [0.15, 0.2) is 0 Å². The average Bonchev–Trinajstić information content (AvgIpc) is 2.89. The van der Waals surface area contributed by atoms with E-state index in [9.17, 15) is 9.90 Å². The van der Waals surface area contributed by atoms with E-state index in [0.717, 1.165) is 28.6 Å². The molecular weight excluding hydrogens is 276 g/mol. The standard InChI is InChI=1S/C18H16N2O2/c21-18(22)19-11-10-17-15(12-19)14-8-4-5-9-16(14)20(17)13-6-2-1-3-7-13/h1-9H,10-12H2,(H,21,22). The Labute approximate surface area is 128 Å². The van der Waals surface area contributed by atoms with Crippen molar-refractivity contribution in [3.8, 4) is 5.69 Å². The van der Waals surface area contributed by atoms with Crippen molar-refractivity contribution < 1.29 is 9.90 Å². The van der Waals surface area contributed by atoms with Crippen LogP contribution >= 0.6 is 0 Å². The van der Waals surface area contributed by atoms with Crippen molar-refractivity contribution in [1.82, 2.24) is 9.47 Å². The van der Waals surface area contributed by atoms with Crippen LogP contribution in [-0.2, 0) is 13.0 Å². The molecule has 0 fully saturated rings. The highest BCUT2D eigenvalue weighted by Crippen LogP contribution is 2.33. The van der Waals surface area contributed by atoms with Gasteiger partial charge in [-0.2, -0.15) is 0 Å². The number of hydrogen-bond donors (Lipinski definition) is 1. The highest BCUT2D eigenvalue weighted by atomic mass is 16.4. The monoisotopic (exact) mass is 292 g/mol. The number of nitrogens with zero attached hydrogens (tertiary/aromatic N) is 2. The summed E-state index contributed by atoms with van der Waals surface area (Å²) in [6, 6.07) is 18.5. The SMILES string of the molecule is O=C(O)N1CCc2c(c3ccccc3n2-c2ccccc2)C1. The quantitative estimate of drug-likeness (QED) is 0.744. The molecule has 3 aromatic rings. The summed E-state index contributed by atoms with van der Waals surface area (Å²) in [5, 5.41) is 10.4. The van der Waals surface area contributed by atoms with E-state index in [2.05, 4.69) is 28.8 Å². The minimum Gasteiger partial charge on any atom is -0.465 e. The maximum Gasteiger partial charge on any atom is 0.407 e. The number of amides is 1. The number of carboxylic acid groups (broad SMARTS) is 1. The van der Waals surface area contributed by atoms with Gasteiger partial charge in [-0.3, -0.25) is 0 Å². The largest absolute Gasteiger partial charge is 0.465 e. The molecule has 2 aromatic carbocycles. The molecule has 110 valence electrons. The molecule has 4 heteroatoms. The number of aromatic nitrogens is 1. The predicted molar refractivity (Wildman–Crippen MR) is 85.4 cm³/mol. The number of carbonyl (C=O) groups is 1. The Morgan fingerprint density at radius 2 is 1.73 bits per heavy atom. The summed E-state index contributed by atoms with van der Waals surface area (Å²) in [4.78, 5) is 12.8. The summed E-state index contributed by atoms with van der Waals surface area (Å²) < 4.78 is 2.27. The van der Waals surface area contributed by atoms with Crippen molar-refractivity contribution in [2.75, 3.05) is 6.54 Å². The second kappa shape index (κ2) is 4.91. The zero-order valence-electron chi connectivity index (χ0n) is 12.1. The third-order valence-corrected chi connectivity index (χ3v) is 4.34. The molecule has 4 rings (SSSR count). The molecule has 0 spiro atoms. The molecule has 0 aliphatic carbocycles. The van der Waals surface area contributed by atoms with Gasteiger partial charge in [-0.25, -0.2) is 4.79 Å². The topological polar surface area (TPSA) is 45.5 Å². The first kappa shape index (κ1) is 13.0. The maximum atomic E-state index is 11.3. The number of hydrogen-bond acceptors (Lipinski definition) is 1. The minimum absolute atomic E-state index is 0.463. The molecule has 0 unspecified atom stereocenters. The molecule has 0 radical (unpaired) electrons. The van der Waals surface area contributed by atoms with Crippen molar-refractivity contribution >= 4 is 17.0 Å². The Kier molecular flexibility index (Phi) is 2.89. The zero-order valence-corrected chi connectivity index (χ0v) is 12.1. The number of rotatable bonds is 1. The molecule has 2 heterocycles. The summed E-state index contributed by atoms with van der Waals surface area (Å²) in [5.74, 6) is 0. The van der Waals surface area contributed by atoms with Crippen molar-refractivity contribution in [3.05, 3.63) is 65.9 Å². The molecule has 1 N–H and O–H groups in total. The highest BCUT2D eigenvalue weighted by Gasteiger charge is 2.26. The smallest absolute Gasteiger partial charge is 0.407 e. The lowest BCUT2D eigenvalue weighted by molar-refractivity contribution is 0.140. The van der Waals surface area contributed by atoms with Crippen LogP contribution in [0, 0.1) is 0 Å². The second-order valence-electron chi connectivity index (χ2n) is 5.57. The van der Waals surface area contributed by atoms with Crippen molar-refractivity contribution in [2.45, 2.75) is 13.0 Å². The lowest BCUT2D eigenvalue weighted by Crippen LogP contribution is -2.35. The van der Waals surface area contributed by atoms with Crippen LogP contribution in [0.25, 0.3) is 16.6 Å². The van der Waals surface area contributed by atoms with Gasteiger partial charge < -0.3 is 14.6 Å². The highest BCUT2D eigenvalue weighted by molar-refractivity contribution is 5.88. The first-order valence-electron chi connectivity index (χ1n) is 7.40. The van der Waals surface area contributed by atoms with E-state index in [1.54, 1.807) is 0 Å². The van der Waals surface area contributed by atoms with Gasteiger partial charge in [-0.1, -0.05) is 36.4 Å². The Bertz CT molecular complexity index is 852. The lowest BCUT2D eigenvalue weighted by Gasteiger charge is -2.25. The summed E-state index contributed by atoms with van der Waals surface area (Å²) in [6.07, 6.45) is -0.104. The first-order chi connectivity index (χ1) is 10.8. The van der Waals surface area contributed by atoms with Gasteiger partial charge in [0.05, 0.1) is 12.1 Å². The van der Waals surface area contributed by atoms with Crippen LogP contribution in [0.15, 0.2) is 54.6 Å². The van der Waals surface area contributed by atoms with E-state index < -0.39 is 6.09 Å². The van der Waals surface area contributed by atoms with Crippen LogP contribution in [0.4, 0.5) is 4.79 Å². The van der Waals surface area contributed by atoms with Crippen LogP contribution in [0.5, 0.6) is 0 Å². The van der Waals surface area contributed by atoms with Crippen molar-refractivity contribution in [2.24, 2.45) is 0 Å². The zero-order chi connectivity index (χ0) is 15.1. The molecule has 1 amide bonds.